The molecule has 2 aromatic carbocycles. The number of rotatable bonds is 6. The highest BCUT2D eigenvalue weighted by atomic mass is 16.2. The zero-order valence-corrected chi connectivity index (χ0v) is 17.4. The quantitative estimate of drug-likeness (QED) is 0.620. The van der Waals surface area contributed by atoms with Crippen molar-refractivity contribution in [3.05, 3.63) is 70.5 Å². The molecule has 4 rings (SSSR count). The third kappa shape index (κ3) is 4.78. The first-order chi connectivity index (χ1) is 14.6. The summed E-state index contributed by atoms with van der Waals surface area (Å²) in [6.45, 7) is 5.85. The topological polar surface area (TPSA) is 68.4 Å². The van der Waals surface area contributed by atoms with Crippen LogP contribution in [-0.4, -0.2) is 67.0 Å². The lowest BCUT2D eigenvalue weighted by Crippen LogP contribution is -2.45. The van der Waals surface area contributed by atoms with E-state index in [2.05, 4.69) is 33.2 Å². The van der Waals surface area contributed by atoms with Gasteiger partial charge in [-0.15, -0.1) is 0 Å². The van der Waals surface area contributed by atoms with Gasteiger partial charge in [0.05, 0.1) is 0 Å². The third-order valence-corrected chi connectivity index (χ3v) is 5.75. The van der Waals surface area contributed by atoms with Gasteiger partial charge in [-0.25, -0.2) is 0 Å². The Hall–Kier alpha value is -2.96. The minimum atomic E-state index is -0.364. The molecule has 0 saturated carbocycles. The lowest BCUT2D eigenvalue weighted by Gasteiger charge is -2.32. The number of carbonyl (C=O) groups excluding carboxylic acids is 1. The van der Waals surface area contributed by atoms with E-state index >= 15 is 0 Å². The van der Waals surface area contributed by atoms with Gasteiger partial charge in [-0.1, -0.05) is 36.4 Å². The van der Waals surface area contributed by atoms with Gasteiger partial charge in [-0.05, 0) is 54.5 Å². The number of piperazine rings is 1. The molecule has 156 valence electrons. The number of carbonyl (C=O) groups is 1. The second-order valence-corrected chi connectivity index (χ2v) is 7.93. The number of hydrogen-bond donors (Lipinski definition) is 2. The molecular weight excluding hydrogens is 376 g/mol. The van der Waals surface area contributed by atoms with Crippen molar-refractivity contribution in [1.29, 1.82) is 0 Å². The third-order valence-electron chi connectivity index (χ3n) is 5.75. The molecule has 30 heavy (non-hydrogen) atoms. The Morgan fingerprint density at radius 1 is 1.00 bits per heavy atom. The molecule has 1 aromatic heterocycles. The number of fused-ring (bicyclic) bond motifs is 1. The van der Waals surface area contributed by atoms with Gasteiger partial charge in [0.25, 0.3) is 11.5 Å². The predicted octanol–water partition coefficient (Wildman–Crippen LogP) is 2.56. The molecule has 1 fully saturated rings. The zero-order chi connectivity index (χ0) is 20.9. The molecule has 0 unspecified atom stereocenters. The van der Waals surface area contributed by atoms with E-state index in [4.69, 9.17) is 0 Å². The summed E-state index contributed by atoms with van der Waals surface area (Å²) in [6, 6.07) is 17.5. The van der Waals surface area contributed by atoms with Crippen LogP contribution in [0.5, 0.6) is 0 Å². The van der Waals surface area contributed by atoms with Crippen LogP contribution in [0.25, 0.3) is 22.0 Å². The number of aromatic amines is 1. The molecule has 0 aliphatic carbocycles. The summed E-state index contributed by atoms with van der Waals surface area (Å²) in [5.41, 5.74) is 1.42. The first-order valence-electron chi connectivity index (χ1n) is 10.5. The van der Waals surface area contributed by atoms with E-state index in [1.54, 1.807) is 12.1 Å². The first-order valence-corrected chi connectivity index (χ1v) is 10.5. The van der Waals surface area contributed by atoms with Gasteiger partial charge in [-0.3, -0.25) is 9.59 Å². The highest BCUT2D eigenvalue weighted by Gasteiger charge is 2.14. The highest BCUT2D eigenvalue weighted by Crippen LogP contribution is 2.22. The van der Waals surface area contributed by atoms with Gasteiger partial charge in [0.15, 0.2) is 0 Å². The summed E-state index contributed by atoms with van der Waals surface area (Å²) in [5, 5.41) is 5.13. The van der Waals surface area contributed by atoms with Gasteiger partial charge in [0.2, 0.25) is 0 Å². The number of benzene rings is 2. The van der Waals surface area contributed by atoms with Crippen LogP contribution >= 0.6 is 0 Å². The van der Waals surface area contributed by atoms with Crippen molar-refractivity contribution in [2.75, 3.05) is 46.3 Å². The maximum Gasteiger partial charge on any atom is 0.261 e. The fraction of sp³-hybridized carbons (Fsp3) is 0.333. The number of aromatic nitrogens is 1. The van der Waals surface area contributed by atoms with E-state index in [0.717, 1.165) is 55.5 Å². The molecule has 0 radical (unpaired) electrons. The second kappa shape index (κ2) is 9.24. The number of pyridine rings is 1. The number of H-pyrrole nitrogens is 1. The van der Waals surface area contributed by atoms with Crippen molar-refractivity contribution < 1.29 is 4.79 Å². The zero-order valence-electron chi connectivity index (χ0n) is 17.4. The van der Waals surface area contributed by atoms with Crippen molar-refractivity contribution in [1.82, 2.24) is 20.1 Å². The molecule has 1 saturated heterocycles. The van der Waals surface area contributed by atoms with Crippen molar-refractivity contribution in [2.45, 2.75) is 6.42 Å². The molecule has 1 aliphatic heterocycles. The number of likely N-dealkylation sites (N-methyl/N-ethyl adjacent to an activating group) is 1. The Morgan fingerprint density at radius 2 is 1.77 bits per heavy atom. The minimum absolute atomic E-state index is 0.152. The van der Waals surface area contributed by atoms with Crippen LogP contribution in [0.15, 0.2) is 59.4 Å². The standard InChI is InChI=1S/C24H28N4O2/c1-27-13-15-28(16-14-27)12-4-11-25-23(29)21-9-10-22(26-24(21)30)20-8-7-18-5-2-3-6-19(18)17-20/h2-3,5-10,17H,4,11-16H2,1H3,(H,25,29)(H,26,30). The molecular formula is C24H28N4O2. The summed E-state index contributed by atoms with van der Waals surface area (Å²) in [7, 11) is 2.14. The molecule has 0 spiro atoms. The summed E-state index contributed by atoms with van der Waals surface area (Å²) in [4.78, 5) is 32.5. The molecule has 1 amide bonds. The maximum atomic E-state index is 12.5. The second-order valence-electron chi connectivity index (χ2n) is 7.93. The van der Waals surface area contributed by atoms with Crippen LogP contribution < -0.4 is 10.9 Å². The number of amides is 1. The summed E-state index contributed by atoms with van der Waals surface area (Å²) in [5.74, 6) is -0.320. The van der Waals surface area contributed by atoms with E-state index in [0.29, 0.717) is 12.2 Å². The van der Waals surface area contributed by atoms with E-state index in [9.17, 15) is 9.59 Å². The monoisotopic (exact) mass is 404 g/mol. The Balaban J connectivity index is 1.35. The Bertz CT molecular complexity index is 1080. The fourth-order valence-corrected chi connectivity index (χ4v) is 3.85. The van der Waals surface area contributed by atoms with Crippen LogP contribution in [0.2, 0.25) is 0 Å². The van der Waals surface area contributed by atoms with Crippen molar-refractivity contribution in [2.24, 2.45) is 0 Å². The molecule has 0 bridgehead atoms. The van der Waals surface area contributed by atoms with E-state index < -0.39 is 0 Å². The average molecular weight is 405 g/mol. The molecule has 6 heteroatoms. The largest absolute Gasteiger partial charge is 0.352 e. The van der Waals surface area contributed by atoms with Crippen molar-refractivity contribution >= 4 is 16.7 Å². The highest BCUT2D eigenvalue weighted by molar-refractivity contribution is 5.94. The number of nitrogens with one attached hydrogen (secondary N) is 2. The normalized spacial score (nSPS) is 15.4. The fourth-order valence-electron chi connectivity index (χ4n) is 3.85. The molecule has 3 aromatic rings. The van der Waals surface area contributed by atoms with Crippen molar-refractivity contribution in [3.8, 4) is 11.3 Å². The van der Waals surface area contributed by atoms with Gasteiger partial charge in [0.1, 0.15) is 5.56 Å². The molecule has 0 atom stereocenters. The minimum Gasteiger partial charge on any atom is -0.352 e. The maximum absolute atomic E-state index is 12.5. The number of hydrogen-bond acceptors (Lipinski definition) is 4. The molecule has 2 heterocycles. The smallest absolute Gasteiger partial charge is 0.261 e. The lowest BCUT2D eigenvalue weighted by atomic mass is 10.0. The molecule has 1 aliphatic rings. The van der Waals surface area contributed by atoms with E-state index in [-0.39, 0.29) is 17.0 Å². The van der Waals surface area contributed by atoms with Crippen LogP contribution in [-0.2, 0) is 0 Å². The summed E-state index contributed by atoms with van der Waals surface area (Å²) < 4.78 is 0. The van der Waals surface area contributed by atoms with Crippen LogP contribution in [0.1, 0.15) is 16.8 Å². The van der Waals surface area contributed by atoms with Gasteiger partial charge in [0, 0.05) is 38.4 Å². The Labute approximate surface area is 176 Å². The Morgan fingerprint density at radius 3 is 2.53 bits per heavy atom. The Kier molecular flexibility index (Phi) is 6.26. The van der Waals surface area contributed by atoms with E-state index in [1.165, 1.54) is 0 Å². The summed E-state index contributed by atoms with van der Waals surface area (Å²) in [6.07, 6.45) is 0.878. The van der Waals surface area contributed by atoms with Crippen LogP contribution in [0.4, 0.5) is 0 Å². The average Bonchev–Trinajstić information content (AvgIpc) is 2.77. The van der Waals surface area contributed by atoms with Gasteiger partial charge >= 0.3 is 0 Å². The van der Waals surface area contributed by atoms with Crippen molar-refractivity contribution in [3.63, 3.8) is 0 Å². The SMILES string of the molecule is CN1CCN(CCCNC(=O)c2ccc(-c3ccc4ccccc4c3)[nH]c2=O)CC1. The lowest BCUT2D eigenvalue weighted by molar-refractivity contribution is 0.0948. The molecule has 2 N–H and O–H groups in total. The predicted molar refractivity (Wildman–Crippen MR) is 121 cm³/mol. The molecule has 6 nitrogen and oxygen atoms in total. The number of nitrogens with zero attached hydrogens (tertiary/aromatic N) is 2. The van der Waals surface area contributed by atoms with Crippen LogP contribution in [0, 0.1) is 0 Å². The van der Waals surface area contributed by atoms with Crippen LogP contribution in [0.3, 0.4) is 0 Å². The van der Waals surface area contributed by atoms with Gasteiger partial charge in [-0.2, -0.15) is 0 Å². The van der Waals surface area contributed by atoms with Gasteiger partial charge < -0.3 is 20.1 Å². The van der Waals surface area contributed by atoms with E-state index in [1.807, 2.05) is 36.4 Å². The first kappa shape index (κ1) is 20.3. The summed E-state index contributed by atoms with van der Waals surface area (Å²) >= 11 is 0.